The maximum absolute atomic E-state index is 6.41. The average molecular weight is 274 g/mol. The highest BCUT2D eigenvalue weighted by atomic mass is 16.5. The van der Waals surface area contributed by atoms with Gasteiger partial charge in [0.25, 0.3) is 0 Å². The van der Waals surface area contributed by atoms with Gasteiger partial charge in [-0.1, -0.05) is 76.3 Å². The lowest BCUT2D eigenvalue weighted by Crippen LogP contribution is -2.21. The largest absolute Gasteiger partial charge is 0.373 e. The molecule has 1 aromatic rings. The second-order valence-corrected chi connectivity index (χ2v) is 6.25. The Morgan fingerprint density at radius 2 is 1.65 bits per heavy atom. The number of rotatable bonds is 7. The van der Waals surface area contributed by atoms with Crippen LogP contribution in [0.15, 0.2) is 30.3 Å². The Morgan fingerprint density at radius 1 is 1.00 bits per heavy atom. The summed E-state index contributed by atoms with van der Waals surface area (Å²) in [5.74, 6) is 1.44. The molecule has 0 aliphatic heterocycles. The molecule has 0 N–H and O–H groups in total. The Kier molecular flexibility index (Phi) is 6.59. The predicted octanol–water partition coefficient (Wildman–Crippen LogP) is 5.76. The lowest BCUT2D eigenvalue weighted by Gasteiger charge is -2.31. The molecule has 2 rings (SSSR count). The van der Waals surface area contributed by atoms with Crippen LogP contribution in [0.3, 0.4) is 0 Å². The van der Waals surface area contributed by atoms with E-state index < -0.39 is 0 Å². The van der Waals surface area contributed by atoms with Crippen molar-refractivity contribution in [3.05, 3.63) is 35.9 Å². The summed E-state index contributed by atoms with van der Waals surface area (Å²) in [6, 6.07) is 10.9. The SMILES string of the molecule is CCC(CC)COC(c1ccccc1)C1CCCCC1. The van der Waals surface area contributed by atoms with Crippen molar-refractivity contribution in [2.45, 2.75) is 64.9 Å². The molecular formula is C19H30O. The van der Waals surface area contributed by atoms with E-state index in [9.17, 15) is 0 Å². The van der Waals surface area contributed by atoms with Crippen LogP contribution in [0.4, 0.5) is 0 Å². The highest BCUT2D eigenvalue weighted by Gasteiger charge is 2.26. The maximum Gasteiger partial charge on any atom is 0.0853 e. The van der Waals surface area contributed by atoms with E-state index in [-0.39, 0.29) is 0 Å². The van der Waals surface area contributed by atoms with Gasteiger partial charge in [0.1, 0.15) is 0 Å². The third kappa shape index (κ3) is 4.34. The molecule has 1 aliphatic rings. The summed E-state index contributed by atoms with van der Waals surface area (Å²) in [5, 5.41) is 0. The van der Waals surface area contributed by atoms with Crippen LogP contribution in [0.1, 0.15) is 70.5 Å². The Morgan fingerprint density at radius 3 is 2.25 bits per heavy atom. The molecule has 1 fully saturated rings. The van der Waals surface area contributed by atoms with Crippen LogP contribution < -0.4 is 0 Å². The Bertz CT molecular complexity index is 349. The minimum atomic E-state index is 0.317. The zero-order chi connectivity index (χ0) is 14.2. The van der Waals surface area contributed by atoms with Crippen LogP contribution in [-0.4, -0.2) is 6.61 Å². The fraction of sp³-hybridized carbons (Fsp3) is 0.684. The molecule has 1 aliphatic carbocycles. The van der Waals surface area contributed by atoms with Gasteiger partial charge in [0.05, 0.1) is 12.7 Å². The Balaban J connectivity index is 2.03. The van der Waals surface area contributed by atoms with E-state index in [2.05, 4.69) is 44.2 Å². The van der Waals surface area contributed by atoms with Crippen molar-refractivity contribution in [1.82, 2.24) is 0 Å². The zero-order valence-electron chi connectivity index (χ0n) is 13.2. The smallest absolute Gasteiger partial charge is 0.0853 e. The van der Waals surface area contributed by atoms with Crippen LogP contribution >= 0.6 is 0 Å². The first-order valence-corrected chi connectivity index (χ1v) is 8.51. The van der Waals surface area contributed by atoms with Gasteiger partial charge in [-0.25, -0.2) is 0 Å². The molecule has 1 atom stereocenters. The van der Waals surface area contributed by atoms with Crippen molar-refractivity contribution in [3.63, 3.8) is 0 Å². The van der Waals surface area contributed by atoms with E-state index >= 15 is 0 Å². The second-order valence-electron chi connectivity index (χ2n) is 6.25. The van der Waals surface area contributed by atoms with Crippen molar-refractivity contribution in [2.75, 3.05) is 6.61 Å². The Labute approximate surface area is 124 Å². The van der Waals surface area contributed by atoms with Crippen LogP contribution in [-0.2, 0) is 4.74 Å². The Hall–Kier alpha value is -0.820. The van der Waals surface area contributed by atoms with Crippen molar-refractivity contribution < 1.29 is 4.74 Å². The minimum absolute atomic E-state index is 0.317. The fourth-order valence-corrected chi connectivity index (χ4v) is 3.35. The number of ether oxygens (including phenoxy) is 1. The second kappa shape index (κ2) is 8.46. The van der Waals surface area contributed by atoms with Crippen molar-refractivity contribution >= 4 is 0 Å². The first-order valence-electron chi connectivity index (χ1n) is 8.51. The number of hydrogen-bond acceptors (Lipinski definition) is 1. The molecule has 1 heteroatoms. The molecule has 0 radical (unpaired) electrons. The zero-order valence-corrected chi connectivity index (χ0v) is 13.2. The molecule has 0 spiro atoms. The lowest BCUT2D eigenvalue weighted by atomic mass is 9.82. The summed E-state index contributed by atoms with van der Waals surface area (Å²) < 4.78 is 6.41. The fourth-order valence-electron chi connectivity index (χ4n) is 3.35. The molecule has 20 heavy (non-hydrogen) atoms. The van der Waals surface area contributed by atoms with Crippen LogP contribution in [0, 0.1) is 11.8 Å². The van der Waals surface area contributed by atoms with Crippen molar-refractivity contribution in [3.8, 4) is 0 Å². The normalized spacial score (nSPS) is 18.4. The quantitative estimate of drug-likeness (QED) is 0.614. The van der Waals surface area contributed by atoms with Crippen LogP contribution in [0.25, 0.3) is 0 Å². The van der Waals surface area contributed by atoms with E-state index in [1.165, 1.54) is 50.5 Å². The summed E-state index contributed by atoms with van der Waals surface area (Å²) in [6.45, 7) is 5.47. The topological polar surface area (TPSA) is 9.23 Å². The first-order chi connectivity index (χ1) is 9.85. The summed E-state index contributed by atoms with van der Waals surface area (Å²) in [4.78, 5) is 0. The van der Waals surface area contributed by atoms with E-state index in [0.717, 1.165) is 12.5 Å². The van der Waals surface area contributed by atoms with Gasteiger partial charge in [-0.15, -0.1) is 0 Å². The third-order valence-corrected chi connectivity index (χ3v) is 4.87. The molecular weight excluding hydrogens is 244 g/mol. The molecule has 0 aromatic heterocycles. The molecule has 1 saturated carbocycles. The molecule has 0 heterocycles. The summed E-state index contributed by atoms with van der Waals surface area (Å²) in [6.07, 6.45) is 9.60. The highest BCUT2D eigenvalue weighted by molar-refractivity contribution is 5.18. The highest BCUT2D eigenvalue weighted by Crippen LogP contribution is 2.37. The molecule has 112 valence electrons. The molecule has 0 bridgehead atoms. The van der Waals surface area contributed by atoms with Crippen molar-refractivity contribution in [2.24, 2.45) is 11.8 Å². The molecule has 0 saturated heterocycles. The van der Waals surface area contributed by atoms with Gasteiger partial charge < -0.3 is 4.74 Å². The van der Waals surface area contributed by atoms with Gasteiger partial charge in [-0.3, -0.25) is 0 Å². The lowest BCUT2D eigenvalue weighted by molar-refractivity contribution is -0.0200. The first kappa shape index (κ1) is 15.6. The number of benzene rings is 1. The summed E-state index contributed by atoms with van der Waals surface area (Å²) >= 11 is 0. The van der Waals surface area contributed by atoms with Gasteiger partial charge in [0, 0.05) is 0 Å². The van der Waals surface area contributed by atoms with E-state index in [1.54, 1.807) is 0 Å². The standard InChI is InChI=1S/C19H30O/c1-3-16(4-2)15-20-19(17-11-7-5-8-12-17)18-13-9-6-10-14-18/h5,7-8,11-12,16,18-19H,3-4,6,9-10,13-15H2,1-2H3. The van der Waals surface area contributed by atoms with Crippen LogP contribution in [0.2, 0.25) is 0 Å². The molecule has 1 aromatic carbocycles. The number of hydrogen-bond donors (Lipinski definition) is 0. The monoisotopic (exact) mass is 274 g/mol. The van der Waals surface area contributed by atoms with Crippen LogP contribution in [0.5, 0.6) is 0 Å². The van der Waals surface area contributed by atoms with E-state index in [4.69, 9.17) is 4.74 Å². The molecule has 0 amide bonds. The summed E-state index contributed by atoms with van der Waals surface area (Å²) in [5.41, 5.74) is 1.38. The average Bonchev–Trinajstić information content (AvgIpc) is 2.53. The van der Waals surface area contributed by atoms with Gasteiger partial charge in [-0.2, -0.15) is 0 Å². The third-order valence-electron chi connectivity index (χ3n) is 4.87. The van der Waals surface area contributed by atoms with Crippen molar-refractivity contribution in [1.29, 1.82) is 0 Å². The van der Waals surface area contributed by atoms with Gasteiger partial charge in [-0.05, 0) is 30.2 Å². The minimum Gasteiger partial charge on any atom is -0.373 e. The predicted molar refractivity (Wildman–Crippen MR) is 85.8 cm³/mol. The summed E-state index contributed by atoms with van der Waals surface area (Å²) in [7, 11) is 0. The van der Waals surface area contributed by atoms with E-state index in [1.807, 2.05) is 0 Å². The van der Waals surface area contributed by atoms with Gasteiger partial charge >= 0.3 is 0 Å². The van der Waals surface area contributed by atoms with Gasteiger partial charge in [0.15, 0.2) is 0 Å². The maximum atomic E-state index is 6.41. The van der Waals surface area contributed by atoms with E-state index in [0.29, 0.717) is 12.0 Å². The molecule has 1 unspecified atom stereocenters. The van der Waals surface area contributed by atoms with Gasteiger partial charge in [0.2, 0.25) is 0 Å². The molecule has 1 nitrogen and oxygen atoms in total.